The number of benzene rings is 1. The van der Waals surface area contributed by atoms with Crippen molar-refractivity contribution in [2.45, 2.75) is 27.3 Å². The molecule has 114 valence electrons. The van der Waals surface area contributed by atoms with Gasteiger partial charge in [-0.15, -0.1) is 5.10 Å². The van der Waals surface area contributed by atoms with Crippen LogP contribution < -0.4 is 5.32 Å². The third kappa shape index (κ3) is 2.72. The van der Waals surface area contributed by atoms with Crippen molar-refractivity contribution in [3.63, 3.8) is 0 Å². The standard InChI is InChI=1S/C16H19N5O/c1-10-5-6-14(11(2)7-10)15-19-20-16(22-15)17-8-13-9-18-21(4)12(13)3/h5-7,9H,8H2,1-4H3,(H,17,20). The van der Waals surface area contributed by atoms with Crippen molar-refractivity contribution >= 4 is 6.01 Å². The molecule has 0 atom stereocenters. The van der Waals surface area contributed by atoms with E-state index in [0.717, 1.165) is 22.4 Å². The van der Waals surface area contributed by atoms with E-state index in [1.807, 2.05) is 43.9 Å². The monoisotopic (exact) mass is 297 g/mol. The van der Waals surface area contributed by atoms with Gasteiger partial charge in [-0.05, 0) is 32.4 Å². The minimum absolute atomic E-state index is 0.415. The van der Waals surface area contributed by atoms with Crippen molar-refractivity contribution in [2.75, 3.05) is 5.32 Å². The number of aromatic nitrogens is 4. The van der Waals surface area contributed by atoms with Crippen molar-refractivity contribution in [1.29, 1.82) is 0 Å². The van der Waals surface area contributed by atoms with E-state index in [1.165, 1.54) is 5.56 Å². The van der Waals surface area contributed by atoms with Gasteiger partial charge >= 0.3 is 6.01 Å². The first kappa shape index (κ1) is 14.3. The largest absolute Gasteiger partial charge is 0.403 e. The molecule has 0 unspecified atom stereocenters. The maximum atomic E-state index is 5.70. The summed E-state index contributed by atoms with van der Waals surface area (Å²) in [5.41, 5.74) is 5.52. The molecule has 0 aliphatic rings. The van der Waals surface area contributed by atoms with Crippen LogP contribution in [0, 0.1) is 20.8 Å². The quantitative estimate of drug-likeness (QED) is 0.801. The van der Waals surface area contributed by atoms with Gasteiger partial charge in [0.1, 0.15) is 0 Å². The van der Waals surface area contributed by atoms with E-state index < -0.39 is 0 Å². The molecule has 0 fully saturated rings. The zero-order valence-electron chi connectivity index (χ0n) is 13.2. The molecular formula is C16H19N5O. The zero-order valence-corrected chi connectivity index (χ0v) is 13.2. The molecule has 0 amide bonds. The molecule has 3 aromatic rings. The Labute approximate surface area is 129 Å². The van der Waals surface area contributed by atoms with Crippen molar-refractivity contribution in [2.24, 2.45) is 7.05 Å². The van der Waals surface area contributed by atoms with Crippen LogP contribution in [0.15, 0.2) is 28.8 Å². The molecule has 6 nitrogen and oxygen atoms in total. The van der Waals surface area contributed by atoms with E-state index in [4.69, 9.17) is 4.42 Å². The van der Waals surface area contributed by atoms with E-state index in [0.29, 0.717) is 18.5 Å². The minimum Gasteiger partial charge on any atom is -0.403 e. The summed E-state index contributed by atoms with van der Waals surface area (Å²) in [7, 11) is 1.92. The van der Waals surface area contributed by atoms with Gasteiger partial charge in [0.2, 0.25) is 5.89 Å². The topological polar surface area (TPSA) is 68.8 Å². The Morgan fingerprint density at radius 1 is 1.18 bits per heavy atom. The average molecular weight is 297 g/mol. The second-order valence-corrected chi connectivity index (χ2v) is 5.46. The smallest absolute Gasteiger partial charge is 0.316 e. The molecule has 6 heteroatoms. The van der Waals surface area contributed by atoms with E-state index in [9.17, 15) is 0 Å². The molecule has 0 aliphatic heterocycles. The Kier molecular flexibility index (Phi) is 3.66. The highest BCUT2D eigenvalue weighted by Gasteiger charge is 2.11. The maximum absolute atomic E-state index is 5.70. The molecule has 1 aromatic carbocycles. The third-order valence-electron chi connectivity index (χ3n) is 3.80. The van der Waals surface area contributed by atoms with Crippen LogP contribution >= 0.6 is 0 Å². The molecule has 0 aliphatic carbocycles. The van der Waals surface area contributed by atoms with Crippen LogP contribution in [-0.4, -0.2) is 20.0 Å². The summed E-state index contributed by atoms with van der Waals surface area (Å²) in [6.07, 6.45) is 1.84. The first-order valence-corrected chi connectivity index (χ1v) is 7.17. The van der Waals surface area contributed by atoms with Gasteiger partial charge in [0.05, 0.1) is 6.20 Å². The molecule has 3 rings (SSSR count). The summed E-state index contributed by atoms with van der Waals surface area (Å²) < 4.78 is 7.54. The van der Waals surface area contributed by atoms with Gasteiger partial charge in [0.15, 0.2) is 0 Å². The van der Waals surface area contributed by atoms with Gasteiger partial charge in [-0.1, -0.05) is 22.8 Å². The number of anilines is 1. The molecule has 2 aromatic heterocycles. The average Bonchev–Trinajstić information content (AvgIpc) is 3.06. The van der Waals surface area contributed by atoms with Crippen LogP contribution in [0.5, 0.6) is 0 Å². The van der Waals surface area contributed by atoms with Gasteiger partial charge in [-0.2, -0.15) is 5.10 Å². The summed E-state index contributed by atoms with van der Waals surface area (Å²) in [5.74, 6) is 0.530. The van der Waals surface area contributed by atoms with Gasteiger partial charge in [-0.3, -0.25) is 4.68 Å². The van der Waals surface area contributed by atoms with Crippen LogP contribution in [0.25, 0.3) is 11.5 Å². The second kappa shape index (κ2) is 5.63. The van der Waals surface area contributed by atoms with Crippen LogP contribution in [0.4, 0.5) is 6.01 Å². The molecule has 22 heavy (non-hydrogen) atoms. The van der Waals surface area contributed by atoms with Crippen LogP contribution in [0.1, 0.15) is 22.4 Å². The molecule has 0 saturated carbocycles. The van der Waals surface area contributed by atoms with E-state index in [1.54, 1.807) is 0 Å². The van der Waals surface area contributed by atoms with Gasteiger partial charge in [-0.25, -0.2) is 0 Å². The summed E-state index contributed by atoms with van der Waals surface area (Å²) in [5, 5.41) is 15.5. The lowest BCUT2D eigenvalue weighted by atomic mass is 10.1. The zero-order chi connectivity index (χ0) is 15.7. The molecule has 1 N–H and O–H groups in total. The number of aryl methyl sites for hydroxylation is 3. The number of rotatable bonds is 4. The van der Waals surface area contributed by atoms with Crippen molar-refractivity contribution in [1.82, 2.24) is 20.0 Å². The van der Waals surface area contributed by atoms with Gasteiger partial charge in [0.25, 0.3) is 0 Å². The first-order valence-electron chi connectivity index (χ1n) is 7.17. The SMILES string of the molecule is Cc1ccc(-c2nnc(NCc3cnn(C)c3C)o2)c(C)c1. The molecule has 0 saturated heterocycles. The van der Waals surface area contributed by atoms with Crippen LogP contribution in [0.3, 0.4) is 0 Å². The maximum Gasteiger partial charge on any atom is 0.316 e. The fourth-order valence-electron chi connectivity index (χ4n) is 2.35. The van der Waals surface area contributed by atoms with Gasteiger partial charge in [0, 0.05) is 30.4 Å². The summed E-state index contributed by atoms with van der Waals surface area (Å²) in [4.78, 5) is 0. The van der Waals surface area contributed by atoms with Gasteiger partial charge < -0.3 is 9.73 Å². The Morgan fingerprint density at radius 3 is 2.68 bits per heavy atom. The molecule has 0 bridgehead atoms. The predicted octanol–water partition coefficient (Wildman–Crippen LogP) is 3.01. The van der Waals surface area contributed by atoms with Crippen molar-refractivity contribution in [3.8, 4) is 11.5 Å². The number of hydrogen-bond donors (Lipinski definition) is 1. The number of nitrogens with zero attached hydrogens (tertiary/aromatic N) is 4. The third-order valence-corrected chi connectivity index (χ3v) is 3.80. The Hall–Kier alpha value is -2.63. The lowest BCUT2D eigenvalue weighted by molar-refractivity contribution is 0.580. The summed E-state index contributed by atoms with van der Waals surface area (Å²) in [6, 6.07) is 6.57. The van der Waals surface area contributed by atoms with Crippen molar-refractivity contribution < 1.29 is 4.42 Å². The highest BCUT2D eigenvalue weighted by atomic mass is 16.4. The normalized spacial score (nSPS) is 10.9. The Balaban J connectivity index is 1.75. The molecular weight excluding hydrogens is 278 g/mol. The van der Waals surface area contributed by atoms with Crippen molar-refractivity contribution in [3.05, 3.63) is 46.8 Å². The molecule has 0 radical (unpaired) electrons. The molecule has 2 heterocycles. The highest BCUT2D eigenvalue weighted by molar-refractivity contribution is 5.59. The Bertz CT molecular complexity index is 803. The second-order valence-electron chi connectivity index (χ2n) is 5.46. The lowest BCUT2D eigenvalue weighted by Gasteiger charge is -2.02. The minimum atomic E-state index is 0.415. The van der Waals surface area contributed by atoms with Crippen LogP contribution in [0.2, 0.25) is 0 Å². The first-order chi connectivity index (χ1) is 10.5. The predicted molar refractivity (Wildman–Crippen MR) is 84.5 cm³/mol. The summed E-state index contributed by atoms with van der Waals surface area (Å²) >= 11 is 0. The Morgan fingerprint density at radius 2 is 2.00 bits per heavy atom. The van der Waals surface area contributed by atoms with E-state index >= 15 is 0 Å². The number of hydrogen-bond acceptors (Lipinski definition) is 5. The fourth-order valence-corrected chi connectivity index (χ4v) is 2.35. The fraction of sp³-hybridized carbons (Fsp3) is 0.312. The van der Waals surface area contributed by atoms with E-state index in [-0.39, 0.29) is 0 Å². The lowest BCUT2D eigenvalue weighted by Crippen LogP contribution is -2.01. The highest BCUT2D eigenvalue weighted by Crippen LogP contribution is 2.24. The summed E-state index contributed by atoms with van der Waals surface area (Å²) in [6.45, 7) is 6.74. The molecule has 0 spiro atoms. The van der Waals surface area contributed by atoms with Crippen LogP contribution in [-0.2, 0) is 13.6 Å². The van der Waals surface area contributed by atoms with E-state index in [2.05, 4.69) is 33.6 Å². The number of nitrogens with one attached hydrogen (secondary N) is 1.